The van der Waals surface area contributed by atoms with Crippen molar-refractivity contribution in [2.75, 3.05) is 13.1 Å². The predicted molar refractivity (Wildman–Crippen MR) is 134 cm³/mol. The van der Waals surface area contributed by atoms with E-state index in [1.807, 2.05) is 48.5 Å². The Kier molecular flexibility index (Phi) is 7.77. The van der Waals surface area contributed by atoms with E-state index in [-0.39, 0.29) is 10.8 Å². The number of fused-ring (bicyclic) bond motifs is 1. The Morgan fingerprint density at radius 3 is 2.50 bits per heavy atom. The highest BCUT2D eigenvalue weighted by molar-refractivity contribution is 7.89. The van der Waals surface area contributed by atoms with E-state index >= 15 is 0 Å². The zero-order valence-corrected chi connectivity index (χ0v) is 20.1. The van der Waals surface area contributed by atoms with Crippen molar-refractivity contribution in [3.8, 4) is 0 Å². The summed E-state index contributed by atoms with van der Waals surface area (Å²) in [5.74, 6) is -0.0516. The average Bonchev–Trinajstić information content (AvgIpc) is 2.83. The first kappa shape index (κ1) is 24.1. The fraction of sp³-hybridized carbons (Fsp3) is 0.296. The molecule has 0 saturated heterocycles. The lowest BCUT2D eigenvalue weighted by molar-refractivity contribution is 0.0950. The third-order valence-corrected chi connectivity index (χ3v) is 7.19. The number of primary sulfonamides is 1. The second kappa shape index (κ2) is 11.0. The van der Waals surface area contributed by atoms with Gasteiger partial charge in [-0.3, -0.25) is 9.69 Å². The van der Waals surface area contributed by atoms with Crippen molar-refractivity contribution in [3.63, 3.8) is 0 Å². The van der Waals surface area contributed by atoms with E-state index < -0.39 is 10.0 Å². The van der Waals surface area contributed by atoms with Gasteiger partial charge in [-0.15, -0.1) is 0 Å². The van der Waals surface area contributed by atoms with Crippen LogP contribution in [0.15, 0.2) is 77.7 Å². The van der Waals surface area contributed by atoms with Crippen LogP contribution in [-0.4, -0.2) is 32.3 Å². The second-order valence-electron chi connectivity index (χ2n) is 8.79. The van der Waals surface area contributed by atoms with Gasteiger partial charge >= 0.3 is 0 Å². The number of carbonyl (C=O) groups is 1. The van der Waals surface area contributed by atoms with Crippen LogP contribution in [0, 0.1) is 0 Å². The molecule has 1 aliphatic rings. The Morgan fingerprint density at radius 2 is 1.71 bits per heavy atom. The van der Waals surface area contributed by atoms with E-state index in [9.17, 15) is 13.2 Å². The number of nitrogens with zero attached hydrogens (tertiary/aromatic N) is 1. The topological polar surface area (TPSA) is 92.5 Å². The Bertz CT molecular complexity index is 1240. The van der Waals surface area contributed by atoms with Gasteiger partial charge in [0.25, 0.3) is 5.91 Å². The van der Waals surface area contributed by atoms with E-state index in [0.29, 0.717) is 25.2 Å². The van der Waals surface area contributed by atoms with Gasteiger partial charge in [0.05, 0.1) is 4.90 Å². The van der Waals surface area contributed by atoms with E-state index in [4.69, 9.17) is 5.14 Å². The van der Waals surface area contributed by atoms with Crippen LogP contribution >= 0.6 is 0 Å². The normalized spacial score (nSPS) is 13.9. The number of hydrogen-bond donors (Lipinski definition) is 2. The molecule has 0 fully saturated rings. The minimum absolute atomic E-state index is 0.0516. The van der Waals surface area contributed by atoms with E-state index in [1.54, 1.807) is 12.1 Å². The Balaban J connectivity index is 1.34. The number of rotatable bonds is 9. The first-order chi connectivity index (χ1) is 16.4. The molecule has 0 spiro atoms. The Hall–Kier alpha value is -3.00. The van der Waals surface area contributed by atoms with E-state index in [0.717, 1.165) is 48.9 Å². The number of benzene rings is 3. The summed E-state index contributed by atoms with van der Waals surface area (Å²) in [6, 6.07) is 23.2. The molecular weight excluding hydrogens is 446 g/mol. The van der Waals surface area contributed by atoms with Gasteiger partial charge in [0.2, 0.25) is 10.0 Å². The maximum Gasteiger partial charge on any atom is 0.251 e. The van der Waals surface area contributed by atoms with Crippen LogP contribution in [0.3, 0.4) is 0 Å². The lowest BCUT2D eigenvalue weighted by Crippen LogP contribution is -2.32. The highest BCUT2D eigenvalue weighted by atomic mass is 32.2. The number of aryl methyl sites for hydroxylation is 1. The summed E-state index contributed by atoms with van der Waals surface area (Å²) in [6.45, 7) is 2.73. The molecule has 0 radical (unpaired) electrons. The van der Waals surface area contributed by atoms with Gasteiger partial charge in [0.15, 0.2) is 0 Å². The molecule has 0 aromatic heterocycles. The van der Waals surface area contributed by atoms with Crippen LogP contribution in [0.25, 0.3) is 0 Å². The summed E-state index contributed by atoms with van der Waals surface area (Å²) in [7, 11) is -3.73. The van der Waals surface area contributed by atoms with Crippen molar-refractivity contribution in [1.82, 2.24) is 10.2 Å². The molecule has 4 rings (SSSR count). The largest absolute Gasteiger partial charge is 0.352 e. The number of unbranched alkanes of at least 4 members (excludes halogenated alkanes) is 1. The summed E-state index contributed by atoms with van der Waals surface area (Å²) >= 11 is 0. The van der Waals surface area contributed by atoms with E-state index in [1.165, 1.54) is 5.56 Å². The van der Waals surface area contributed by atoms with Crippen LogP contribution in [-0.2, 0) is 36.0 Å². The molecule has 0 atom stereocenters. The fourth-order valence-corrected chi connectivity index (χ4v) is 4.98. The number of amides is 1. The van der Waals surface area contributed by atoms with Gasteiger partial charge in [0, 0.05) is 31.7 Å². The number of hydrogen-bond acceptors (Lipinski definition) is 4. The Morgan fingerprint density at radius 1 is 0.941 bits per heavy atom. The first-order valence-electron chi connectivity index (χ1n) is 11.7. The van der Waals surface area contributed by atoms with Gasteiger partial charge in [-0.2, -0.15) is 0 Å². The summed E-state index contributed by atoms with van der Waals surface area (Å²) < 4.78 is 23.5. The van der Waals surface area contributed by atoms with Crippen LogP contribution in [0.5, 0.6) is 0 Å². The molecule has 34 heavy (non-hydrogen) atoms. The molecule has 0 bridgehead atoms. The fourth-order valence-electron chi connectivity index (χ4n) is 4.42. The second-order valence-corrected chi connectivity index (χ2v) is 10.4. The quantitative estimate of drug-likeness (QED) is 0.460. The molecule has 1 heterocycles. The highest BCUT2D eigenvalue weighted by Gasteiger charge is 2.20. The van der Waals surface area contributed by atoms with Gasteiger partial charge in [-0.1, -0.05) is 54.6 Å². The summed E-state index contributed by atoms with van der Waals surface area (Å²) in [4.78, 5) is 15.3. The molecule has 6 nitrogen and oxygen atoms in total. The molecule has 3 aromatic carbocycles. The third kappa shape index (κ3) is 6.32. The summed E-state index contributed by atoms with van der Waals surface area (Å²) in [5, 5.41) is 8.37. The molecule has 1 amide bonds. The zero-order chi connectivity index (χ0) is 24.0. The molecule has 3 aromatic rings. The van der Waals surface area contributed by atoms with Gasteiger partial charge in [-0.25, -0.2) is 13.6 Å². The molecule has 178 valence electrons. The maximum atomic E-state index is 12.9. The van der Waals surface area contributed by atoms with Crippen molar-refractivity contribution < 1.29 is 13.2 Å². The number of carbonyl (C=O) groups excluding carboxylic acids is 1. The van der Waals surface area contributed by atoms with Gasteiger partial charge in [0.1, 0.15) is 0 Å². The van der Waals surface area contributed by atoms with Gasteiger partial charge < -0.3 is 5.32 Å². The minimum Gasteiger partial charge on any atom is -0.352 e. The van der Waals surface area contributed by atoms with Crippen molar-refractivity contribution in [2.45, 2.75) is 43.7 Å². The first-order valence-corrected chi connectivity index (χ1v) is 13.2. The van der Waals surface area contributed by atoms with Crippen LogP contribution in [0.4, 0.5) is 0 Å². The summed E-state index contributed by atoms with van der Waals surface area (Å²) in [5.41, 5.74) is 5.09. The van der Waals surface area contributed by atoms with Crippen molar-refractivity contribution in [1.29, 1.82) is 0 Å². The van der Waals surface area contributed by atoms with Crippen molar-refractivity contribution >= 4 is 15.9 Å². The third-order valence-electron chi connectivity index (χ3n) is 6.27. The van der Waals surface area contributed by atoms with Gasteiger partial charge in [-0.05, 0) is 66.1 Å². The smallest absolute Gasteiger partial charge is 0.251 e. The highest BCUT2D eigenvalue weighted by Crippen LogP contribution is 2.24. The molecule has 0 aliphatic carbocycles. The number of sulfonamides is 1. The lowest BCUT2D eigenvalue weighted by Gasteiger charge is -2.29. The average molecular weight is 478 g/mol. The number of nitrogens with two attached hydrogens (primary N) is 1. The Labute approximate surface area is 201 Å². The van der Waals surface area contributed by atoms with E-state index in [2.05, 4.69) is 22.3 Å². The lowest BCUT2D eigenvalue weighted by atomic mass is 9.98. The molecule has 0 unspecified atom stereocenters. The molecule has 1 aliphatic heterocycles. The minimum atomic E-state index is -3.73. The van der Waals surface area contributed by atoms with Crippen LogP contribution < -0.4 is 10.5 Å². The maximum absolute atomic E-state index is 12.9. The molecular formula is C27H31N3O3S. The predicted octanol–water partition coefficient (Wildman–Crippen LogP) is 3.65. The van der Waals surface area contributed by atoms with Crippen molar-refractivity contribution in [2.24, 2.45) is 5.14 Å². The monoisotopic (exact) mass is 477 g/mol. The standard InChI is InChI=1S/C27H31N3O3S/c28-34(32,33)25-14-13-22-15-17-30(20-24(22)18-25)19-23-11-4-5-12-26(23)27(31)29-16-7-6-10-21-8-2-1-3-9-21/h1-5,8-9,11-14,18H,6-7,10,15-17,19-20H2,(H,29,31)(H2,28,32,33). The summed E-state index contributed by atoms with van der Waals surface area (Å²) in [6.07, 6.45) is 3.80. The van der Waals surface area contributed by atoms with Crippen molar-refractivity contribution in [3.05, 3.63) is 101 Å². The van der Waals surface area contributed by atoms with Crippen LogP contribution in [0.2, 0.25) is 0 Å². The molecule has 7 heteroatoms. The molecule has 3 N–H and O–H groups in total. The zero-order valence-electron chi connectivity index (χ0n) is 19.2. The van der Waals surface area contributed by atoms with Crippen LogP contribution in [0.1, 0.15) is 45.5 Å². The number of nitrogens with one attached hydrogen (secondary N) is 1. The SMILES string of the molecule is NS(=O)(=O)c1ccc2c(c1)CN(Cc1ccccc1C(=O)NCCCCc1ccccc1)CC2. The molecule has 0 saturated carbocycles.